The average Bonchev–Trinajstić information content (AvgIpc) is 2.49. The number of phenols is 1. The van der Waals surface area contributed by atoms with Crippen LogP contribution in [0, 0.1) is 10.1 Å². The van der Waals surface area contributed by atoms with E-state index in [1.165, 1.54) is 18.2 Å². The molecule has 0 bridgehead atoms. The molecule has 1 aromatic carbocycles. The van der Waals surface area contributed by atoms with Gasteiger partial charge in [0.05, 0.1) is 4.92 Å². The Kier molecular flexibility index (Phi) is 4.51. The maximum atomic E-state index is 12.3. The minimum Gasteiger partial charge on any atom is -0.502 e. The molecule has 1 saturated heterocycles. The number of hydrogen-bond acceptors (Lipinski definition) is 6. The second-order valence-electron chi connectivity index (χ2n) is 4.49. The summed E-state index contributed by atoms with van der Waals surface area (Å²) in [5.74, 6) is -2.05. The second-order valence-corrected chi connectivity index (χ2v) is 4.88. The Bertz CT molecular complexity index is 772. The van der Waals surface area contributed by atoms with Crippen LogP contribution in [0.5, 0.6) is 5.75 Å². The quantitative estimate of drug-likeness (QED) is 0.213. The normalized spacial score (nSPS) is 16.4. The first-order valence-electron chi connectivity index (χ1n) is 6.33. The molecular weight excluding hydrogens is 322 g/mol. The molecule has 1 fully saturated rings. The molecule has 1 heterocycles. The second kappa shape index (κ2) is 6.36. The van der Waals surface area contributed by atoms with Crippen LogP contribution in [-0.4, -0.2) is 38.4 Å². The van der Waals surface area contributed by atoms with E-state index < -0.39 is 28.2 Å². The molecule has 2 rings (SSSR count). The topological polar surface area (TPSA) is 113 Å². The number of aromatic hydroxyl groups is 1. The van der Waals surface area contributed by atoms with Gasteiger partial charge in [0.25, 0.3) is 11.8 Å². The van der Waals surface area contributed by atoms with Crippen molar-refractivity contribution in [1.29, 1.82) is 0 Å². The molecule has 118 valence electrons. The number of rotatable bonds is 4. The number of nitro benzene ring substituents is 1. The van der Waals surface area contributed by atoms with E-state index >= 15 is 0 Å². The number of thiocarbonyl (C=S) groups is 1. The lowest BCUT2D eigenvalue weighted by Crippen LogP contribution is -2.53. The van der Waals surface area contributed by atoms with E-state index in [1.807, 2.05) is 0 Å². The van der Waals surface area contributed by atoms with E-state index in [2.05, 4.69) is 11.9 Å². The minimum atomic E-state index is -0.765. The molecule has 9 heteroatoms. The van der Waals surface area contributed by atoms with Crippen molar-refractivity contribution in [3.63, 3.8) is 0 Å². The lowest BCUT2D eigenvalue weighted by molar-refractivity contribution is -0.385. The third-order valence-electron chi connectivity index (χ3n) is 3.04. The van der Waals surface area contributed by atoms with Crippen molar-refractivity contribution in [3.8, 4) is 5.75 Å². The van der Waals surface area contributed by atoms with Crippen LogP contribution in [0.3, 0.4) is 0 Å². The van der Waals surface area contributed by atoms with Gasteiger partial charge in [-0.05, 0) is 18.3 Å². The van der Waals surface area contributed by atoms with Crippen molar-refractivity contribution in [2.45, 2.75) is 0 Å². The predicted molar refractivity (Wildman–Crippen MR) is 85.4 cm³/mol. The van der Waals surface area contributed by atoms with Gasteiger partial charge in [-0.3, -0.25) is 29.9 Å². The summed E-state index contributed by atoms with van der Waals surface area (Å²) in [5.41, 5.74) is -0.846. The van der Waals surface area contributed by atoms with Crippen molar-refractivity contribution in [2.24, 2.45) is 0 Å². The zero-order valence-corrected chi connectivity index (χ0v) is 12.5. The Balaban J connectivity index is 2.49. The van der Waals surface area contributed by atoms with Crippen molar-refractivity contribution in [1.82, 2.24) is 10.2 Å². The fourth-order valence-corrected chi connectivity index (χ4v) is 2.21. The van der Waals surface area contributed by atoms with Gasteiger partial charge >= 0.3 is 5.69 Å². The van der Waals surface area contributed by atoms with E-state index in [1.54, 1.807) is 0 Å². The van der Waals surface area contributed by atoms with E-state index in [4.69, 9.17) is 12.2 Å². The van der Waals surface area contributed by atoms with Crippen LogP contribution in [0.2, 0.25) is 0 Å². The largest absolute Gasteiger partial charge is 0.502 e. The summed E-state index contributed by atoms with van der Waals surface area (Å²) in [7, 11) is 0. The van der Waals surface area contributed by atoms with Crippen LogP contribution >= 0.6 is 12.2 Å². The molecule has 0 spiro atoms. The summed E-state index contributed by atoms with van der Waals surface area (Å²) in [6, 6.07) is 3.79. The third-order valence-corrected chi connectivity index (χ3v) is 3.36. The highest BCUT2D eigenvalue weighted by Gasteiger charge is 2.33. The Morgan fingerprint density at radius 2 is 2.13 bits per heavy atom. The van der Waals surface area contributed by atoms with E-state index in [-0.39, 0.29) is 22.8 Å². The number of benzene rings is 1. The molecule has 0 atom stereocenters. The lowest BCUT2D eigenvalue weighted by atomic mass is 10.1. The highest BCUT2D eigenvalue weighted by atomic mass is 32.1. The molecule has 0 saturated carbocycles. The molecule has 0 unspecified atom stereocenters. The molecule has 2 N–H and O–H groups in total. The van der Waals surface area contributed by atoms with Gasteiger partial charge in [0.2, 0.25) is 5.75 Å². The molecular formula is C14H11N3O5S. The van der Waals surface area contributed by atoms with Crippen molar-refractivity contribution in [3.05, 3.63) is 52.1 Å². The summed E-state index contributed by atoms with van der Waals surface area (Å²) in [6.07, 6.45) is 2.52. The van der Waals surface area contributed by atoms with Crippen molar-refractivity contribution < 1.29 is 19.6 Å². The number of nitro groups is 1. The Morgan fingerprint density at radius 1 is 1.43 bits per heavy atom. The SMILES string of the molecule is C=CCN1C(=O)C(=Cc2cccc([N+](=O)[O-])c2O)C(=O)NC1=S. The predicted octanol–water partition coefficient (Wildman–Crippen LogP) is 1.11. The Labute approximate surface area is 135 Å². The smallest absolute Gasteiger partial charge is 0.311 e. The first-order chi connectivity index (χ1) is 10.9. The zero-order valence-electron chi connectivity index (χ0n) is 11.7. The molecule has 0 radical (unpaired) electrons. The number of hydrogen-bond donors (Lipinski definition) is 2. The van der Waals surface area contributed by atoms with Gasteiger partial charge in [-0.1, -0.05) is 18.2 Å². The van der Waals surface area contributed by atoms with Crippen LogP contribution in [0.4, 0.5) is 5.69 Å². The molecule has 23 heavy (non-hydrogen) atoms. The number of amides is 2. The highest BCUT2D eigenvalue weighted by Crippen LogP contribution is 2.31. The number of carbonyl (C=O) groups is 2. The monoisotopic (exact) mass is 333 g/mol. The average molecular weight is 333 g/mol. The first kappa shape index (κ1) is 16.3. The molecule has 1 aliphatic rings. The summed E-state index contributed by atoms with van der Waals surface area (Å²) in [4.78, 5) is 35.4. The van der Waals surface area contributed by atoms with E-state index in [0.29, 0.717) is 0 Å². The summed E-state index contributed by atoms with van der Waals surface area (Å²) >= 11 is 4.90. The van der Waals surface area contributed by atoms with Crippen LogP contribution < -0.4 is 5.32 Å². The molecule has 1 aromatic rings. The number of carbonyl (C=O) groups excluding carboxylic acids is 2. The molecule has 8 nitrogen and oxygen atoms in total. The van der Waals surface area contributed by atoms with Gasteiger partial charge < -0.3 is 5.11 Å². The minimum absolute atomic E-state index is 0.0240. The molecule has 0 aliphatic carbocycles. The first-order valence-corrected chi connectivity index (χ1v) is 6.73. The number of nitrogens with one attached hydrogen (secondary N) is 1. The molecule has 0 aromatic heterocycles. The van der Waals surface area contributed by atoms with Gasteiger partial charge in [-0.15, -0.1) is 6.58 Å². The molecule has 2 amide bonds. The highest BCUT2D eigenvalue weighted by molar-refractivity contribution is 7.80. The zero-order chi connectivity index (χ0) is 17.1. The van der Waals surface area contributed by atoms with E-state index in [9.17, 15) is 24.8 Å². The maximum Gasteiger partial charge on any atom is 0.311 e. The van der Waals surface area contributed by atoms with Gasteiger partial charge in [0.15, 0.2) is 5.11 Å². The summed E-state index contributed by atoms with van der Waals surface area (Å²) in [6.45, 7) is 3.59. The Hall–Kier alpha value is -3.07. The fraction of sp³-hybridized carbons (Fsp3) is 0.0714. The summed E-state index contributed by atoms with van der Waals surface area (Å²) in [5, 5.41) is 23.0. The van der Waals surface area contributed by atoms with Crippen molar-refractivity contribution in [2.75, 3.05) is 6.54 Å². The van der Waals surface area contributed by atoms with Gasteiger partial charge in [-0.2, -0.15) is 0 Å². The summed E-state index contributed by atoms with van der Waals surface area (Å²) < 4.78 is 0. The standard InChI is InChI=1S/C14H11N3O5S/c1-2-6-16-13(20)9(12(19)15-14(16)23)7-8-4-3-5-10(11(8)18)17(21)22/h2-5,7,18H,1,6H2,(H,15,19,23). The fourth-order valence-electron chi connectivity index (χ4n) is 1.96. The Morgan fingerprint density at radius 3 is 2.74 bits per heavy atom. The number of phenolic OH excluding ortho intramolecular Hbond substituents is 1. The molecule has 1 aliphatic heterocycles. The van der Waals surface area contributed by atoms with Gasteiger partial charge in [-0.25, -0.2) is 0 Å². The lowest BCUT2D eigenvalue weighted by Gasteiger charge is -2.27. The van der Waals surface area contributed by atoms with E-state index in [0.717, 1.165) is 17.0 Å². The van der Waals surface area contributed by atoms with Crippen molar-refractivity contribution >= 4 is 40.9 Å². The number of para-hydroxylation sites is 1. The van der Waals surface area contributed by atoms with Crippen LogP contribution in [0.1, 0.15) is 5.56 Å². The van der Waals surface area contributed by atoms with Gasteiger partial charge in [0, 0.05) is 18.2 Å². The van der Waals surface area contributed by atoms with Crippen LogP contribution in [0.15, 0.2) is 36.4 Å². The van der Waals surface area contributed by atoms with Crippen LogP contribution in [0.25, 0.3) is 6.08 Å². The third kappa shape index (κ3) is 3.09. The van der Waals surface area contributed by atoms with Crippen LogP contribution in [-0.2, 0) is 9.59 Å². The number of nitrogens with zero attached hydrogens (tertiary/aromatic N) is 2. The van der Waals surface area contributed by atoms with Gasteiger partial charge in [0.1, 0.15) is 5.57 Å². The maximum absolute atomic E-state index is 12.3.